The van der Waals surface area contributed by atoms with Gasteiger partial charge >= 0.3 is 0 Å². The molecule has 0 aliphatic carbocycles. The Morgan fingerprint density at radius 1 is 0.294 bits per heavy atom. The van der Waals surface area contributed by atoms with E-state index in [1.54, 1.807) is 21.3 Å². The van der Waals surface area contributed by atoms with Gasteiger partial charge in [0.15, 0.2) is 0 Å². The lowest BCUT2D eigenvalue weighted by molar-refractivity contribution is -0.128. The topological polar surface area (TPSA) is 165 Å². The third-order valence-electron chi connectivity index (χ3n) is 6.46. The van der Waals surface area contributed by atoms with Crippen molar-refractivity contribution in [3.8, 4) is 0 Å². The van der Waals surface area contributed by atoms with Gasteiger partial charge in [0.05, 0.1) is 190 Å². The van der Waals surface area contributed by atoms with Gasteiger partial charge < -0.3 is 80.6 Å². The Balaban J connectivity index is 4.53. The SMILES string of the molecule is COCCOCCOCCOCCOCC(COCC=O)(COCCOCCOCCOCCOC)COCCOCCOCCOCCOC. The summed E-state index contributed by atoms with van der Waals surface area (Å²) in [4.78, 5) is 11.0. The summed E-state index contributed by atoms with van der Waals surface area (Å²) in [7, 11) is 4.90. The lowest BCUT2D eigenvalue weighted by Gasteiger charge is -2.32. The van der Waals surface area contributed by atoms with Crippen molar-refractivity contribution in [1.29, 1.82) is 0 Å². The molecule has 51 heavy (non-hydrogen) atoms. The normalized spacial score (nSPS) is 11.9. The second kappa shape index (κ2) is 43.4. The molecule has 0 aliphatic rings. The molecule has 0 spiro atoms. The molecule has 0 heterocycles. The number of methoxy groups -OCH3 is 3. The van der Waals surface area contributed by atoms with Crippen molar-refractivity contribution >= 4 is 6.29 Å². The van der Waals surface area contributed by atoms with Crippen molar-refractivity contribution < 1.29 is 80.6 Å². The first-order chi connectivity index (χ1) is 25.2. The number of carbonyl (C=O) groups is 1. The molecule has 0 saturated carbocycles. The van der Waals surface area contributed by atoms with Gasteiger partial charge in [0.2, 0.25) is 0 Å². The van der Waals surface area contributed by atoms with Gasteiger partial charge in [0.1, 0.15) is 12.9 Å². The van der Waals surface area contributed by atoms with E-state index in [0.29, 0.717) is 165 Å². The molecule has 306 valence electrons. The Bertz CT molecular complexity index is 590. The summed E-state index contributed by atoms with van der Waals surface area (Å²) in [6.07, 6.45) is 0.707. The molecule has 0 aliphatic heterocycles. The molecule has 0 aromatic carbocycles. The number of hydrogen-bond acceptors (Lipinski definition) is 17. The zero-order valence-electron chi connectivity index (χ0n) is 31.5. The lowest BCUT2D eigenvalue weighted by Crippen LogP contribution is -2.42. The van der Waals surface area contributed by atoms with Crippen LogP contribution in [0.25, 0.3) is 0 Å². The molecule has 0 fully saturated rings. The summed E-state index contributed by atoms with van der Waals surface area (Å²) in [6, 6.07) is 0. The van der Waals surface area contributed by atoms with Gasteiger partial charge in [-0.05, 0) is 0 Å². The molecule has 0 N–H and O–H groups in total. The quantitative estimate of drug-likeness (QED) is 0.0617. The number of rotatable bonds is 46. The maximum absolute atomic E-state index is 11.0. The van der Waals surface area contributed by atoms with Crippen LogP contribution in [0.3, 0.4) is 0 Å². The van der Waals surface area contributed by atoms with Crippen LogP contribution in [0.5, 0.6) is 0 Å². The van der Waals surface area contributed by atoms with Gasteiger partial charge in [-0.1, -0.05) is 0 Å². The van der Waals surface area contributed by atoms with Crippen LogP contribution in [0.15, 0.2) is 0 Å². The fourth-order valence-electron chi connectivity index (χ4n) is 3.85. The molecule has 0 amide bonds. The largest absolute Gasteiger partial charge is 0.382 e. The molecule has 0 bridgehead atoms. The van der Waals surface area contributed by atoms with Gasteiger partial charge in [-0.25, -0.2) is 0 Å². The Morgan fingerprint density at radius 3 is 0.706 bits per heavy atom. The Kier molecular flexibility index (Phi) is 42.6. The number of carbonyl (C=O) groups excluding carboxylic acids is 1. The van der Waals surface area contributed by atoms with E-state index in [4.69, 9.17) is 75.8 Å². The fourth-order valence-corrected chi connectivity index (χ4v) is 3.85. The van der Waals surface area contributed by atoms with Gasteiger partial charge in [0.25, 0.3) is 0 Å². The van der Waals surface area contributed by atoms with Crippen LogP contribution in [-0.2, 0) is 80.6 Å². The van der Waals surface area contributed by atoms with Crippen molar-refractivity contribution in [2.45, 2.75) is 0 Å². The first kappa shape index (κ1) is 50.0. The molecule has 17 heteroatoms. The summed E-state index contributed by atoms with van der Waals surface area (Å²) in [5, 5.41) is 0. The number of hydrogen-bond donors (Lipinski definition) is 0. The minimum Gasteiger partial charge on any atom is -0.382 e. The number of aldehydes is 1. The van der Waals surface area contributed by atoms with Crippen LogP contribution in [0.1, 0.15) is 0 Å². The Labute approximate surface area is 305 Å². The molecule has 0 atom stereocenters. The molecular weight excluding hydrogens is 680 g/mol. The predicted octanol–water partition coefficient (Wildman–Crippen LogP) is 0.327. The summed E-state index contributed by atoms with van der Waals surface area (Å²) < 4.78 is 87.8. The van der Waals surface area contributed by atoms with Crippen molar-refractivity contribution in [3.05, 3.63) is 0 Å². The second-order valence-corrected chi connectivity index (χ2v) is 10.8. The van der Waals surface area contributed by atoms with Crippen LogP contribution >= 0.6 is 0 Å². The van der Waals surface area contributed by atoms with Crippen LogP contribution in [0.2, 0.25) is 0 Å². The Hall–Kier alpha value is -0.970. The number of ether oxygens (including phenoxy) is 16. The summed E-state index contributed by atoms with van der Waals surface area (Å²) in [5.41, 5.74) is -0.688. The third kappa shape index (κ3) is 38.6. The molecule has 0 aromatic heterocycles. The van der Waals surface area contributed by atoms with Crippen molar-refractivity contribution in [2.75, 3.05) is 213 Å². The Morgan fingerprint density at radius 2 is 0.490 bits per heavy atom. The zero-order chi connectivity index (χ0) is 37.0. The van der Waals surface area contributed by atoms with E-state index in [2.05, 4.69) is 0 Å². The predicted molar refractivity (Wildman–Crippen MR) is 185 cm³/mol. The van der Waals surface area contributed by atoms with Crippen LogP contribution in [-0.4, -0.2) is 219 Å². The van der Waals surface area contributed by atoms with E-state index in [9.17, 15) is 4.79 Å². The average Bonchev–Trinajstić information content (AvgIpc) is 3.14. The van der Waals surface area contributed by atoms with Crippen LogP contribution in [0.4, 0.5) is 0 Å². The highest BCUT2D eigenvalue weighted by molar-refractivity contribution is 5.50. The van der Waals surface area contributed by atoms with E-state index >= 15 is 0 Å². The van der Waals surface area contributed by atoms with E-state index in [-0.39, 0.29) is 33.0 Å². The van der Waals surface area contributed by atoms with E-state index in [1.807, 2.05) is 0 Å². The first-order valence-electron chi connectivity index (χ1n) is 17.7. The highest BCUT2D eigenvalue weighted by Gasteiger charge is 2.32. The minimum atomic E-state index is -0.688. The monoisotopic (exact) mass is 748 g/mol. The highest BCUT2D eigenvalue weighted by atomic mass is 16.6. The van der Waals surface area contributed by atoms with Gasteiger partial charge in [0, 0.05) is 21.3 Å². The molecule has 0 unspecified atom stereocenters. The van der Waals surface area contributed by atoms with Crippen molar-refractivity contribution in [2.24, 2.45) is 5.41 Å². The molecular formula is C34H68O17. The fraction of sp³-hybridized carbons (Fsp3) is 0.971. The molecule has 0 saturated heterocycles. The third-order valence-corrected chi connectivity index (χ3v) is 6.46. The van der Waals surface area contributed by atoms with E-state index in [0.717, 1.165) is 0 Å². The van der Waals surface area contributed by atoms with Gasteiger partial charge in [-0.15, -0.1) is 0 Å². The minimum absolute atomic E-state index is 0.0522. The maximum atomic E-state index is 11.0. The van der Waals surface area contributed by atoms with E-state index < -0.39 is 5.41 Å². The summed E-state index contributed by atoms with van der Waals surface area (Å²) in [6.45, 7) is 12.0. The highest BCUT2D eigenvalue weighted by Crippen LogP contribution is 2.21. The molecule has 0 radical (unpaired) electrons. The average molecular weight is 749 g/mol. The first-order valence-corrected chi connectivity index (χ1v) is 17.7. The molecule has 0 aromatic rings. The second-order valence-electron chi connectivity index (χ2n) is 10.8. The lowest BCUT2D eigenvalue weighted by atomic mass is 9.92. The van der Waals surface area contributed by atoms with Crippen molar-refractivity contribution in [3.63, 3.8) is 0 Å². The molecule has 0 rings (SSSR count). The standard InChI is InChI=1S/C34H68O17/c1-36-6-9-39-12-15-42-18-21-45-24-27-49-31-34(30-48-5-4-35,32-50-28-25-46-22-19-43-16-13-40-10-7-37-2)33-51-29-26-47-23-20-44-17-14-41-11-8-38-3/h4H,5-33H2,1-3H3. The van der Waals surface area contributed by atoms with Gasteiger partial charge in [-0.2, -0.15) is 0 Å². The summed E-state index contributed by atoms with van der Waals surface area (Å²) in [5.74, 6) is 0. The zero-order valence-corrected chi connectivity index (χ0v) is 31.5. The van der Waals surface area contributed by atoms with Crippen molar-refractivity contribution in [1.82, 2.24) is 0 Å². The van der Waals surface area contributed by atoms with Gasteiger partial charge in [-0.3, -0.25) is 0 Å². The van der Waals surface area contributed by atoms with Crippen LogP contribution < -0.4 is 0 Å². The van der Waals surface area contributed by atoms with E-state index in [1.165, 1.54) is 0 Å². The smallest absolute Gasteiger partial charge is 0.145 e. The summed E-state index contributed by atoms with van der Waals surface area (Å²) >= 11 is 0. The molecule has 17 nitrogen and oxygen atoms in total. The van der Waals surface area contributed by atoms with Crippen LogP contribution in [0, 0.1) is 5.41 Å². The maximum Gasteiger partial charge on any atom is 0.145 e.